The van der Waals surface area contributed by atoms with E-state index in [0.717, 1.165) is 86.1 Å². The summed E-state index contributed by atoms with van der Waals surface area (Å²) in [7, 11) is -9.00. The molecule has 0 atom stereocenters. The number of unbranched alkanes of at least 4 members (excludes halogenated alkanes) is 24. The van der Waals surface area contributed by atoms with Crippen molar-refractivity contribution in [2.24, 2.45) is 0 Å². The van der Waals surface area contributed by atoms with Crippen LogP contribution in [-0.4, -0.2) is 53.2 Å². The van der Waals surface area contributed by atoms with Gasteiger partial charge in [0.2, 0.25) is 0 Å². The molecule has 4 rings (SSSR count). The summed E-state index contributed by atoms with van der Waals surface area (Å²) in [6.45, 7) is 8.92. The molecular formula is C56H86O6PbS2. The summed E-state index contributed by atoms with van der Waals surface area (Å²) in [5.41, 5.74) is 4.35. The van der Waals surface area contributed by atoms with E-state index in [0.29, 0.717) is 10.8 Å². The minimum atomic E-state index is -4.50. The van der Waals surface area contributed by atoms with Gasteiger partial charge in [0.15, 0.2) is 0 Å². The van der Waals surface area contributed by atoms with Gasteiger partial charge in [0.1, 0.15) is 20.2 Å². The summed E-state index contributed by atoms with van der Waals surface area (Å²) in [6.07, 6.45) is 38.1. The normalized spacial score (nSPS) is 11.8. The Balaban J connectivity index is 0.000000440. The van der Waals surface area contributed by atoms with Gasteiger partial charge in [0.25, 0.3) is 0 Å². The van der Waals surface area contributed by atoms with Gasteiger partial charge in [0.05, 0.1) is 9.79 Å². The SMILES string of the molecule is CCCCCCCCCc1ccc(CCCCCCCCC)c2c(S(=O)(=O)[O-])cccc12.CCCCCCCCCc1ccc(CCCCCCCCC)c2c(S(=O)(=O)[O-])cccc12.[Pb+2]. The molecule has 0 saturated carbocycles. The maximum atomic E-state index is 12.0. The van der Waals surface area contributed by atoms with Crippen molar-refractivity contribution < 1.29 is 25.9 Å². The number of benzene rings is 4. The zero-order valence-corrected chi connectivity index (χ0v) is 46.7. The average Bonchev–Trinajstić information content (AvgIpc) is 3.27. The first-order valence-electron chi connectivity index (χ1n) is 26.0. The first kappa shape index (κ1) is 59.3. The molecule has 0 N–H and O–H groups in total. The van der Waals surface area contributed by atoms with E-state index >= 15 is 0 Å². The van der Waals surface area contributed by atoms with E-state index < -0.39 is 20.2 Å². The average molecular weight is 1130 g/mol. The number of hydrogen-bond donors (Lipinski definition) is 0. The Labute approximate surface area is 418 Å². The molecule has 6 nitrogen and oxygen atoms in total. The number of hydrogen-bond acceptors (Lipinski definition) is 6. The van der Waals surface area contributed by atoms with Crippen LogP contribution in [0.5, 0.6) is 0 Å². The maximum absolute atomic E-state index is 12.0. The van der Waals surface area contributed by atoms with Gasteiger partial charge in [-0.25, -0.2) is 16.8 Å². The molecule has 0 saturated heterocycles. The molecule has 0 aliphatic rings. The van der Waals surface area contributed by atoms with Crippen LogP contribution < -0.4 is 0 Å². The summed E-state index contributed by atoms with van der Waals surface area (Å²) in [5, 5.41) is 3.25. The molecule has 362 valence electrons. The zero-order chi connectivity index (χ0) is 46.5. The number of aryl methyl sites for hydroxylation is 4. The van der Waals surface area contributed by atoms with Crippen LogP contribution in [0.1, 0.15) is 230 Å². The van der Waals surface area contributed by atoms with Gasteiger partial charge in [-0.1, -0.05) is 230 Å². The molecule has 9 heteroatoms. The summed E-state index contributed by atoms with van der Waals surface area (Å²) < 4.78 is 72.1. The Kier molecular flexibility index (Phi) is 31.4. The smallest absolute Gasteiger partial charge is 0.744 e. The molecular weight excluding hydrogens is 1040 g/mol. The van der Waals surface area contributed by atoms with Crippen molar-refractivity contribution in [2.45, 2.75) is 243 Å². The van der Waals surface area contributed by atoms with Gasteiger partial charge >= 0.3 is 27.3 Å². The summed E-state index contributed by atoms with van der Waals surface area (Å²) in [5.74, 6) is 0. The van der Waals surface area contributed by atoms with Crippen LogP contribution in [0, 0.1) is 0 Å². The van der Waals surface area contributed by atoms with Crippen molar-refractivity contribution in [3.63, 3.8) is 0 Å². The Morgan fingerprint density at radius 1 is 0.323 bits per heavy atom. The number of rotatable bonds is 34. The van der Waals surface area contributed by atoms with Gasteiger partial charge in [-0.2, -0.15) is 0 Å². The molecule has 2 radical (unpaired) electrons. The van der Waals surface area contributed by atoms with E-state index in [9.17, 15) is 25.9 Å². The fraction of sp³-hybridized carbons (Fsp3) is 0.643. The van der Waals surface area contributed by atoms with Crippen molar-refractivity contribution in [1.82, 2.24) is 0 Å². The van der Waals surface area contributed by atoms with Crippen molar-refractivity contribution in [3.05, 3.63) is 82.9 Å². The second kappa shape index (κ2) is 34.4. The Morgan fingerprint density at radius 2 is 0.554 bits per heavy atom. The Hall–Kier alpha value is -1.86. The largest absolute Gasteiger partial charge is 2.00 e. The summed E-state index contributed by atoms with van der Waals surface area (Å²) in [4.78, 5) is -0.0938. The van der Waals surface area contributed by atoms with Crippen molar-refractivity contribution in [2.75, 3.05) is 0 Å². The molecule has 0 amide bonds. The van der Waals surface area contributed by atoms with Crippen molar-refractivity contribution in [3.8, 4) is 0 Å². The molecule has 0 aliphatic carbocycles. The predicted molar refractivity (Wildman–Crippen MR) is 276 cm³/mol. The molecule has 4 aromatic rings. The molecule has 4 aromatic carbocycles. The Morgan fingerprint density at radius 3 is 0.815 bits per heavy atom. The fourth-order valence-corrected chi connectivity index (χ4v) is 10.8. The minimum absolute atomic E-state index is 0. The monoisotopic (exact) mass is 1130 g/mol. The molecule has 0 fully saturated rings. The topological polar surface area (TPSA) is 114 Å². The second-order valence-electron chi connectivity index (χ2n) is 18.5. The van der Waals surface area contributed by atoms with Crippen LogP contribution >= 0.6 is 0 Å². The summed E-state index contributed by atoms with van der Waals surface area (Å²) in [6, 6.07) is 18.9. The van der Waals surface area contributed by atoms with Gasteiger partial charge in [-0.15, -0.1) is 0 Å². The molecule has 0 spiro atoms. The molecule has 65 heavy (non-hydrogen) atoms. The van der Waals surface area contributed by atoms with E-state index in [2.05, 4.69) is 52.0 Å². The van der Waals surface area contributed by atoms with Gasteiger partial charge in [0, 0.05) is 10.8 Å². The van der Waals surface area contributed by atoms with Crippen LogP contribution in [-0.2, 0) is 45.9 Å². The van der Waals surface area contributed by atoms with Crippen LogP contribution in [0.3, 0.4) is 0 Å². The van der Waals surface area contributed by atoms with E-state index in [1.165, 1.54) is 165 Å². The predicted octanol–water partition coefficient (Wildman–Crippen LogP) is 16.3. The van der Waals surface area contributed by atoms with Crippen LogP contribution in [0.25, 0.3) is 21.5 Å². The van der Waals surface area contributed by atoms with Crippen molar-refractivity contribution in [1.29, 1.82) is 0 Å². The molecule has 0 aromatic heterocycles. The zero-order valence-electron chi connectivity index (χ0n) is 41.2. The quantitative estimate of drug-likeness (QED) is 0.0261. The van der Waals surface area contributed by atoms with Crippen LogP contribution in [0.2, 0.25) is 0 Å². The van der Waals surface area contributed by atoms with Gasteiger partial charge in [-0.3, -0.25) is 0 Å². The van der Waals surface area contributed by atoms with E-state index in [1.807, 2.05) is 12.1 Å². The summed E-state index contributed by atoms with van der Waals surface area (Å²) >= 11 is 0. The van der Waals surface area contributed by atoms with Crippen LogP contribution in [0.4, 0.5) is 0 Å². The van der Waals surface area contributed by atoms with E-state index in [1.54, 1.807) is 12.1 Å². The van der Waals surface area contributed by atoms with Gasteiger partial charge in [-0.05, 0) is 96.5 Å². The van der Waals surface area contributed by atoms with Crippen LogP contribution in [0.15, 0.2) is 70.5 Å². The Bertz CT molecular complexity index is 1960. The number of fused-ring (bicyclic) bond motifs is 2. The van der Waals surface area contributed by atoms with Crippen molar-refractivity contribution >= 4 is 69.1 Å². The standard InChI is InChI=1S/2C28H44O3S.Pb/c2*1-3-5-7-9-11-13-15-18-24-22-23-25(19-16-14-12-10-8-6-4-2)28-26(24)20-17-21-27(28)32(29,30)31;/h2*17,20-23H,3-16,18-19H2,1-2H3,(H,29,30,31);/q;;+2/p-2. The third kappa shape index (κ3) is 22.4. The maximum Gasteiger partial charge on any atom is 2.00 e. The molecule has 0 bridgehead atoms. The first-order chi connectivity index (χ1) is 31.0. The molecule has 0 aliphatic heterocycles. The molecule has 0 unspecified atom stereocenters. The van der Waals surface area contributed by atoms with E-state index in [4.69, 9.17) is 0 Å². The third-order valence-corrected chi connectivity index (χ3v) is 14.9. The van der Waals surface area contributed by atoms with Gasteiger partial charge < -0.3 is 9.11 Å². The minimum Gasteiger partial charge on any atom is -0.744 e. The fourth-order valence-electron chi connectivity index (χ4n) is 9.37. The first-order valence-corrected chi connectivity index (χ1v) is 28.8. The molecule has 0 heterocycles. The third-order valence-electron chi connectivity index (χ3n) is 13.1. The van der Waals surface area contributed by atoms with E-state index in [-0.39, 0.29) is 37.1 Å². The second-order valence-corrected chi connectivity index (χ2v) is 21.2.